The monoisotopic (exact) mass is 511 g/mol. The average molecular weight is 513 g/mol. The molecular formula is C24H24Cl3NO5. The van der Waals surface area contributed by atoms with Gasteiger partial charge in [0.05, 0.1) is 42.4 Å². The lowest BCUT2D eigenvalue weighted by atomic mass is 9.85. The van der Waals surface area contributed by atoms with Gasteiger partial charge in [0.1, 0.15) is 0 Å². The van der Waals surface area contributed by atoms with Crippen molar-refractivity contribution >= 4 is 46.7 Å². The third-order valence-corrected chi connectivity index (χ3v) is 6.22. The number of halogens is 3. The average Bonchev–Trinajstić information content (AvgIpc) is 3.20. The van der Waals surface area contributed by atoms with Crippen LogP contribution in [0.3, 0.4) is 0 Å². The molecular weight excluding hydrogens is 489 g/mol. The van der Waals surface area contributed by atoms with Gasteiger partial charge in [-0.15, -0.1) is 0 Å². The molecule has 0 bridgehead atoms. The number of carbonyl (C=O) groups excluding carboxylic acids is 2. The van der Waals surface area contributed by atoms with Crippen molar-refractivity contribution in [1.29, 1.82) is 0 Å². The van der Waals surface area contributed by atoms with Crippen molar-refractivity contribution in [2.24, 2.45) is 5.92 Å². The van der Waals surface area contributed by atoms with Crippen molar-refractivity contribution in [2.75, 3.05) is 20.8 Å². The van der Waals surface area contributed by atoms with Gasteiger partial charge in [0, 0.05) is 11.1 Å². The van der Waals surface area contributed by atoms with E-state index in [4.69, 9.17) is 49.0 Å². The maximum Gasteiger partial charge on any atom is 0.314 e. The molecule has 0 aliphatic heterocycles. The van der Waals surface area contributed by atoms with Gasteiger partial charge in [-0.05, 0) is 49.1 Å². The van der Waals surface area contributed by atoms with Crippen LogP contribution in [0.4, 0.5) is 0 Å². The summed E-state index contributed by atoms with van der Waals surface area (Å²) >= 11 is 18.3. The van der Waals surface area contributed by atoms with Crippen LogP contribution in [0.15, 0.2) is 42.5 Å². The fourth-order valence-electron chi connectivity index (χ4n) is 3.92. The zero-order valence-electron chi connectivity index (χ0n) is 18.4. The Labute approximate surface area is 207 Å². The third kappa shape index (κ3) is 5.75. The van der Waals surface area contributed by atoms with E-state index >= 15 is 0 Å². The number of amides is 1. The maximum atomic E-state index is 12.9. The Morgan fingerprint density at radius 1 is 1.03 bits per heavy atom. The van der Waals surface area contributed by atoms with Crippen LogP contribution >= 0.6 is 34.8 Å². The molecule has 0 heterocycles. The summed E-state index contributed by atoms with van der Waals surface area (Å²) in [5.74, 6) is -0.476. The highest BCUT2D eigenvalue weighted by Crippen LogP contribution is 2.38. The lowest BCUT2D eigenvalue weighted by Crippen LogP contribution is -2.34. The van der Waals surface area contributed by atoms with E-state index in [1.807, 2.05) is 18.2 Å². The second-order valence-corrected chi connectivity index (χ2v) is 8.70. The Morgan fingerprint density at radius 2 is 1.70 bits per heavy atom. The molecule has 176 valence electrons. The van der Waals surface area contributed by atoms with E-state index in [-0.39, 0.29) is 40.1 Å². The van der Waals surface area contributed by atoms with E-state index in [1.54, 1.807) is 26.2 Å². The molecule has 3 rings (SSSR count). The van der Waals surface area contributed by atoms with Crippen molar-refractivity contribution in [2.45, 2.75) is 25.3 Å². The predicted molar refractivity (Wildman–Crippen MR) is 129 cm³/mol. The van der Waals surface area contributed by atoms with Crippen LogP contribution in [0.2, 0.25) is 15.1 Å². The van der Waals surface area contributed by atoms with Crippen LogP contribution in [0, 0.1) is 5.92 Å². The summed E-state index contributed by atoms with van der Waals surface area (Å²) < 4.78 is 16.0. The SMILES string of the molecule is CCOC(=O)[C@H](c1ccc(OC)c(OC)c1)[C@@H]1C=C[C@@H](NC(=O)c2c(Cl)cc(Cl)cc2Cl)C1. The largest absolute Gasteiger partial charge is 0.493 e. The zero-order valence-corrected chi connectivity index (χ0v) is 20.6. The van der Waals surface area contributed by atoms with E-state index in [1.165, 1.54) is 19.2 Å². The van der Waals surface area contributed by atoms with Crippen molar-refractivity contribution in [3.63, 3.8) is 0 Å². The Hall–Kier alpha value is -2.41. The first-order valence-electron chi connectivity index (χ1n) is 10.3. The van der Waals surface area contributed by atoms with Gasteiger partial charge in [0.25, 0.3) is 5.91 Å². The molecule has 0 unspecified atom stereocenters. The number of ether oxygens (including phenoxy) is 3. The highest BCUT2D eigenvalue weighted by Gasteiger charge is 2.35. The molecule has 1 N–H and O–H groups in total. The number of benzene rings is 2. The molecule has 9 heteroatoms. The number of esters is 1. The summed E-state index contributed by atoms with van der Waals surface area (Å²) in [5, 5.41) is 3.58. The van der Waals surface area contributed by atoms with Gasteiger partial charge in [-0.1, -0.05) is 53.0 Å². The van der Waals surface area contributed by atoms with Crippen LogP contribution in [0.25, 0.3) is 0 Å². The number of rotatable bonds is 8. The fourth-order valence-corrected chi connectivity index (χ4v) is 4.91. The first-order chi connectivity index (χ1) is 15.8. The fraction of sp³-hybridized carbons (Fsp3) is 0.333. The van der Waals surface area contributed by atoms with Crippen LogP contribution < -0.4 is 14.8 Å². The highest BCUT2D eigenvalue weighted by molar-refractivity contribution is 6.42. The zero-order chi connectivity index (χ0) is 24.1. The van der Waals surface area contributed by atoms with Crippen LogP contribution in [-0.2, 0) is 9.53 Å². The van der Waals surface area contributed by atoms with Gasteiger partial charge in [-0.3, -0.25) is 9.59 Å². The molecule has 2 aromatic rings. The molecule has 0 radical (unpaired) electrons. The predicted octanol–water partition coefficient (Wildman–Crippen LogP) is 5.69. The summed E-state index contributed by atoms with van der Waals surface area (Å²) in [6, 6.07) is 7.95. The minimum Gasteiger partial charge on any atom is -0.493 e. The molecule has 0 aromatic heterocycles. The molecule has 1 amide bonds. The van der Waals surface area contributed by atoms with Gasteiger partial charge in [0.2, 0.25) is 0 Å². The number of nitrogens with one attached hydrogen (secondary N) is 1. The highest BCUT2D eigenvalue weighted by atomic mass is 35.5. The Balaban J connectivity index is 1.81. The van der Waals surface area contributed by atoms with Gasteiger partial charge < -0.3 is 19.5 Å². The lowest BCUT2D eigenvalue weighted by Gasteiger charge is -2.23. The van der Waals surface area contributed by atoms with Gasteiger partial charge in [-0.2, -0.15) is 0 Å². The van der Waals surface area contributed by atoms with Crippen molar-refractivity contribution in [3.05, 3.63) is 68.7 Å². The van der Waals surface area contributed by atoms with Crippen LogP contribution in [0.1, 0.15) is 35.2 Å². The number of hydrogen-bond donors (Lipinski definition) is 1. The molecule has 0 saturated carbocycles. The number of allylic oxidation sites excluding steroid dienone is 1. The molecule has 33 heavy (non-hydrogen) atoms. The van der Waals surface area contributed by atoms with Crippen LogP contribution in [0.5, 0.6) is 11.5 Å². The summed E-state index contributed by atoms with van der Waals surface area (Å²) in [6.07, 6.45) is 4.26. The van der Waals surface area contributed by atoms with E-state index < -0.39 is 11.8 Å². The van der Waals surface area contributed by atoms with Gasteiger partial charge >= 0.3 is 5.97 Å². The first-order valence-corrected chi connectivity index (χ1v) is 11.4. The summed E-state index contributed by atoms with van der Waals surface area (Å²) in [6.45, 7) is 2.02. The van der Waals surface area contributed by atoms with Gasteiger partial charge in [0.15, 0.2) is 11.5 Å². The molecule has 1 aliphatic carbocycles. The Bertz CT molecular complexity index is 1050. The number of carbonyl (C=O) groups is 2. The second kappa shape index (κ2) is 11.1. The molecule has 3 atom stereocenters. The number of hydrogen-bond acceptors (Lipinski definition) is 5. The number of methoxy groups -OCH3 is 2. The Kier molecular flexibility index (Phi) is 8.51. The standard InChI is InChI=1S/C24H24Cl3NO5/c1-4-33-24(30)21(14-6-8-19(31-2)20(10-14)32-3)13-5-7-16(9-13)28-23(29)22-17(26)11-15(25)12-18(22)27/h5-8,10-13,16,21H,4,9H2,1-3H3,(H,28,29)/t13-,16-,21+/m1/s1. The van der Waals surface area contributed by atoms with E-state index in [0.717, 1.165) is 5.56 Å². The van der Waals surface area contributed by atoms with Gasteiger partial charge in [-0.25, -0.2) is 0 Å². The van der Waals surface area contributed by atoms with E-state index in [2.05, 4.69) is 5.32 Å². The molecule has 0 fully saturated rings. The maximum absolute atomic E-state index is 12.9. The molecule has 0 saturated heterocycles. The van der Waals surface area contributed by atoms with E-state index in [9.17, 15) is 9.59 Å². The van der Waals surface area contributed by atoms with Crippen LogP contribution in [-0.4, -0.2) is 38.7 Å². The molecule has 2 aromatic carbocycles. The summed E-state index contributed by atoms with van der Waals surface area (Å²) in [4.78, 5) is 25.7. The molecule has 6 nitrogen and oxygen atoms in total. The third-order valence-electron chi connectivity index (χ3n) is 5.40. The van der Waals surface area contributed by atoms with Crippen molar-refractivity contribution in [3.8, 4) is 11.5 Å². The normalized spacial score (nSPS) is 18.0. The smallest absolute Gasteiger partial charge is 0.314 e. The minimum absolute atomic E-state index is 0.154. The molecule has 0 spiro atoms. The van der Waals surface area contributed by atoms with Crippen molar-refractivity contribution < 1.29 is 23.8 Å². The molecule has 1 aliphatic rings. The lowest BCUT2D eigenvalue weighted by molar-refractivity contribution is -0.146. The Morgan fingerprint density at radius 3 is 2.30 bits per heavy atom. The first kappa shape index (κ1) is 25.2. The van der Waals surface area contributed by atoms with E-state index in [0.29, 0.717) is 22.9 Å². The topological polar surface area (TPSA) is 73.9 Å². The van der Waals surface area contributed by atoms with Crippen molar-refractivity contribution in [1.82, 2.24) is 5.32 Å². The second-order valence-electron chi connectivity index (χ2n) is 7.45. The quantitative estimate of drug-likeness (QED) is 0.363. The summed E-state index contributed by atoms with van der Waals surface area (Å²) in [7, 11) is 3.08. The minimum atomic E-state index is -0.578. The summed E-state index contributed by atoms with van der Waals surface area (Å²) in [5.41, 5.74) is 0.887.